The first-order chi connectivity index (χ1) is 12.2. The third-order valence-corrected chi connectivity index (χ3v) is 4.71. The molecule has 1 saturated heterocycles. The zero-order valence-corrected chi connectivity index (χ0v) is 14.9. The van der Waals surface area contributed by atoms with Gasteiger partial charge >= 0.3 is 0 Å². The lowest BCUT2D eigenvalue weighted by Crippen LogP contribution is -2.38. The minimum Gasteiger partial charge on any atom is -0.494 e. The second-order valence-corrected chi connectivity index (χ2v) is 6.34. The van der Waals surface area contributed by atoms with Crippen molar-refractivity contribution in [3.05, 3.63) is 42.2 Å². The van der Waals surface area contributed by atoms with Crippen molar-refractivity contribution >= 4 is 5.91 Å². The van der Waals surface area contributed by atoms with Crippen molar-refractivity contribution in [1.29, 1.82) is 0 Å². The highest BCUT2D eigenvalue weighted by atomic mass is 16.5. The van der Waals surface area contributed by atoms with E-state index in [1.807, 2.05) is 37.3 Å². The summed E-state index contributed by atoms with van der Waals surface area (Å²) in [6, 6.07) is 9.76. The van der Waals surface area contributed by atoms with E-state index in [0.717, 1.165) is 23.6 Å². The van der Waals surface area contributed by atoms with Gasteiger partial charge in [-0.1, -0.05) is 19.1 Å². The molecule has 1 aromatic heterocycles. The van der Waals surface area contributed by atoms with Crippen molar-refractivity contribution in [1.82, 2.24) is 15.1 Å². The Hall–Kier alpha value is -2.34. The van der Waals surface area contributed by atoms with Crippen LogP contribution in [0.3, 0.4) is 0 Å². The lowest BCUT2D eigenvalue weighted by molar-refractivity contribution is -0.127. The van der Waals surface area contributed by atoms with Crippen molar-refractivity contribution < 1.29 is 14.3 Å². The van der Waals surface area contributed by atoms with Crippen LogP contribution in [0.15, 0.2) is 36.5 Å². The van der Waals surface area contributed by atoms with Gasteiger partial charge in [0, 0.05) is 18.8 Å². The Kier molecular flexibility index (Phi) is 5.38. The quantitative estimate of drug-likeness (QED) is 0.876. The van der Waals surface area contributed by atoms with E-state index in [4.69, 9.17) is 9.47 Å². The van der Waals surface area contributed by atoms with E-state index >= 15 is 0 Å². The standard InChI is InChI=1S/C19H25N3O3/c1-4-13(2)21-19(23)14-10-12-25-18(14)16-9-11-20-22(16)15-7-5-6-8-17(15)24-3/h5-9,11,13-14,18H,4,10,12H2,1-3H3,(H,21,23)/t13-,14-,18-/m0/s1. The van der Waals surface area contributed by atoms with Crippen LogP contribution in [0.2, 0.25) is 0 Å². The smallest absolute Gasteiger partial charge is 0.226 e. The van der Waals surface area contributed by atoms with Gasteiger partial charge < -0.3 is 14.8 Å². The van der Waals surface area contributed by atoms with E-state index in [0.29, 0.717) is 13.0 Å². The maximum Gasteiger partial charge on any atom is 0.226 e. The average molecular weight is 343 g/mol. The summed E-state index contributed by atoms with van der Waals surface area (Å²) in [7, 11) is 1.64. The van der Waals surface area contributed by atoms with Crippen molar-refractivity contribution in [3.8, 4) is 11.4 Å². The summed E-state index contributed by atoms with van der Waals surface area (Å²) in [5.41, 5.74) is 1.70. The number of carbonyl (C=O) groups is 1. The molecule has 0 unspecified atom stereocenters. The molecule has 6 heteroatoms. The predicted octanol–water partition coefficient (Wildman–Crippen LogP) is 2.87. The molecule has 1 aliphatic heterocycles. The van der Waals surface area contributed by atoms with Gasteiger partial charge in [0.05, 0.1) is 18.7 Å². The minimum atomic E-state index is -0.309. The molecule has 0 radical (unpaired) electrons. The molecule has 0 bridgehead atoms. The number of para-hydroxylation sites is 2. The van der Waals surface area contributed by atoms with E-state index in [2.05, 4.69) is 17.3 Å². The number of methoxy groups -OCH3 is 1. The van der Waals surface area contributed by atoms with Gasteiger partial charge in [-0.3, -0.25) is 4.79 Å². The number of carbonyl (C=O) groups excluding carboxylic acids is 1. The average Bonchev–Trinajstić information content (AvgIpc) is 3.30. The molecule has 1 aromatic carbocycles. The molecule has 134 valence electrons. The first-order valence-corrected chi connectivity index (χ1v) is 8.75. The van der Waals surface area contributed by atoms with Crippen LogP contribution in [0.25, 0.3) is 5.69 Å². The van der Waals surface area contributed by atoms with Gasteiger partial charge in [0.15, 0.2) is 0 Å². The van der Waals surface area contributed by atoms with Crippen LogP contribution in [-0.4, -0.2) is 35.4 Å². The Morgan fingerprint density at radius 2 is 2.24 bits per heavy atom. The lowest BCUT2D eigenvalue weighted by atomic mass is 9.97. The van der Waals surface area contributed by atoms with Crippen LogP contribution in [0.4, 0.5) is 0 Å². The maximum atomic E-state index is 12.6. The van der Waals surface area contributed by atoms with Crippen molar-refractivity contribution in [2.45, 2.75) is 38.8 Å². The van der Waals surface area contributed by atoms with E-state index in [1.165, 1.54) is 0 Å². The van der Waals surface area contributed by atoms with Crippen LogP contribution < -0.4 is 10.1 Å². The molecule has 2 heterocycles. The molecule has 6 nitrogen and oxygen atoms in total. The minimum absolute atomic E-state index is 0.0460. The first-order valence-electron chi connectivity index (χ1n) is 8.75. The molecular weight excluding hydrogens is 318 g/mol. The first kappa shape index (κ1) is 17.5. The van der Waals surface area contributed by atoms with Crippen molar-refractivity contribution in [2.24, 2.45) is 5.92 Å². The Balaban J connectivity index is 1.90. The van der Waals surface area contributed by atoms with Crippen LogP contribution in [0.1, 0.15) is 38.5 Å². The van der Waals surface area contributed by atoms with Crippen molar-refractivity contribution in [3.63, 3.8) is 0 Å². The number of benzene rings is 1. The van der Waals surface area contributed by atoms with E-state index in [-0.39, 0.29) is 24.0 Å². The number of aromatic nitrogens is 2. The molecule has 1 aliphatic rings. The third kappa shape index (κ3) is 3.54. The fourth-order valence-corrected chi connectivity index (χ4v) is 3.14. The lowest BCUT2D eigenvalue weighted by Gasteiger charge is -2.22. The summed E-state index contributed by atoms with van der Waals surface area (Å²) in [5, 5.41) is 7.51. The number of rotatable bonds is 6. The topological polar surface area (TPSA) is 65.4 Å². The fraction of sp³-hybridized carbons (Fsp3) is 0.474. The van der Waals surface area contributed by atoms with E-state index in [1.54, 1.807) is 18.0 Å². The molecule has 0 spiro atoms. The second-order valence-electron chi connectivity index (χ2n) is 6.34. The van der Waals surface area contributed by atoms with E-state index in [9.17, 15) is 4.79 Å². The fourth-order valence-electron chi connectivity index (χ4n) is 3.14. The number of hydrogen-bond donors (Lipinski definition) is 1. The summed E-state index contributed by atoms with van der Waals surface area (Å²) in [4.78, 5) is 12.6. The van der Waals surface area contributed by atoms with Crippen LogP contribution in [0, 0.1) is 5.92 Å². The predicted molar refractivity (Wildman–Crippen MR) is 94.8 cm³/mol. The summed E-state index contributed by atoms with van der Waals surface area (Å²) in [6.45, 7) is 4.65. The molecule has 2 aromatic rings. The highest BCUT2D eigenvalue weighted by molar-refractivity contribution is 5.80. The zero-order valence-electron chi connectivity index (χ0n) is 14.9. The number of nitrogens with zero attached hydrogens (tertiary/aromatic N) is 2. The molecule has 1 fully saturated rings. The van der Waals surface area contributed by atoms with Crippen molar-refractivity contribution in [2.75, 3.05) is 13.7 Å². The highest BCUT2D eigenvalue weighted by Crippen LogP contribution is 2.36. The molecule has 0 aliphatic carbocycles. The largest absolute Gasteiger partial charge is 0.494 e. The van der Waals surface area contributed by atoms with Crippen LogP contribution in [-0.2, 0) is 9.53 Å². The van der Waals surface area contributed by atoms with E-state index < -0.39 is 0 Å². The van der Waals surface area contributed by atoms with Gasteiger partial charge in [0.2, 0.25) is 5.91 Å². The van der Waals surface area contributed by atoms with Gasteiger partial charge in [-0.05, 0) is 38.0 Å². The molecule has 3 rings (SSSR count). The third-order valence-electron chi connectivity index (χ3n) is 4.71. The Bertz CT molecular complexity index is 728. The van der Waals surface area contributed by atoms with Gasteiger partial charge in [-0.2, -0.15) is 5.10 Å². The Morgan fingerprint density at radius 3 is 3.00 bits per heavy atom. The zero-order chi connectivity index (χ0) is 17.8. The molecular formula is C19H25N3O3. The molecule has 0 saturated carbocycles. The molecule has 25 heavy (non-hydrogen) atoms. The number of hydrogen-bond acceptors (Lipinski definition) is 4. The monoisotopic (exact) mass is 343 g/mol. The van der Waals surface area contributed by atoms with Gasteiger partial charge in [-0.25, -0.2) is 4.68 Å². The second kappa shape index (κ2) is 7.70. The summed E-state index contributed by atoms with van der Waals surface area (Å²) < 4.78 is 13.2. The normalized spacial score (nSPS) is 21.1. The molecule has 1 N–H and O–H groups in total. The number of amides is 1. The maximum absolute atomic E-state index is 12.6. The van der Waals surface area contributed by atoms with Crippen LogP contribution in [0.5, 0.6) is 5.75 Å². The molecule has 1 amide bonds. The number of ether oxygens (including phenoxy) is 2. The van der Waals surface area contributed by atoms with Gasteiger partial charge in [-0.15, -0.1) is 0 Å². The van der Waals surface area contributed by atoms with Crippen LogP contribution >= 0.6 is 0 Å². The summed E-state index contributed by atoms with van der Waals surface area (Å²) in [5.74, 6) is 0.565. The van der Waals surface area contributed by atoms with Gasteiger partial charge in [0.1, 0.15) is 17.5 Å². The summed E-state index contributed by atoms with van der Waals surface area (Å²) in [6.07, 6.45) is 3.04. The number of nitrogens with one attached hydrogen (secondary N) is 1. The highest BCUT2D eigenvalue weighted by Gasteiger charge is 2.37. The molecule has 3 atom stereocenters. The van der Waals surface area contributed by atoms with Gasteiger partial charge in [0.25, 0.3) is 0 Å². The Morgan fingerprint density at radius 1 is 1.44 bits per heavy atom. The Labute approximate surface area is 148 Å². The SMILES string of the molecule is CC[C@H](C)NC(=O)[C@H]1CCO[C@@H]1c1ccnn1-c1ccccc1OC. The summed E-state index contributed by atoms with van der Waals surface area (Å²) >= 11 is 0.